The molecule has 1 heterocycles. The Hall–Kier alpha value is 0.400. The third-order valence-corrected chi connectivity index (χ3v) is 2.51. The van der Waals surface area contributed by atoms with Gasteiger partial charge in [-0.05, 0) is 13.3 Å². The first-order valence-electron chi connectivity index (χ1n) is 3.14. The van der Waals surface area contributed by atoms with Crippen molar-refractivity contribution in [3.05, 3.63) is 0 Å². The van der Waals surface area contributed by atoms with Crippen molar-refractivity contribution in [2.45, 2.75) is 30.4 Å². The van der Waals surface area contributed by atoms with Crippen LogP contribution in [0.15, 0.2) is 0 Å². The summed E-state index contributed by atoms with van der Waals surface area (Å²) in [7, 11) is 0. The van der Waals surface area contributed by atoms with Gasteiger partial charge in [0.05, 0.1) is 18.8 Å². The third-order valence-electron chi connectivity index (χ3n) is 1.55. The van der Waals surface area contributed by atoms with E-state index in [0.717, 1.165) is 6.42 Å². The molecule has 0 aromatic rings. The van der Waals surface area contributed by atoms with Crippen LogP contribution in [0.3, 0.4) is 0 Å². The maximum atomic E-state index is 8.70. The van der Waals surface area contributed by atoms with E-state index in [1.165, 1.54) is 0 Å². The Balaban J connectivity index is 2.38. The first-order valence-corrected chi connectivity index (χ1v) is 4.06. The number of aliphatic hydroxyl groups excluding tert-OH is 1. The van der Waals surface area contributed by atoms with Crippen LogP contribution in [-0.2, 0) is 4.74 Å². The Morgan fingerprint density at radius 1 is 1.78 bits per heavy atom. The van der Waals surface area contributed by atoms with Crippen LogP contribution in [0.1, 0.15) is 13.3 Å². The second-order valence-corrected chi connectivity index (χ2v) is 3.60. The van der Waals surface area contributed by atoms with Gasteiger partial charge in [0.2, 0.25) is 0 Å². The van der Waals surface area contributed by atoms with Gasteiger partial charge in [-0.1, -0.05) is 15.9 Å². The molecule has 0 aliphatic carbocycles. The van der Waals surface area contributed by atoms with Gasteiger partial charge in [-0.15, -0.1) is 0 Å². The molecule has 54 valence electrons. The molecule has 3 unspecified atom stereocenters. The molecule has 3 atom stereocenters. The maximum absolute atomic E-state index is 8.70. The first-order chi connectivity index (χ1) is 4.24. The smallest absolute Gasteiger partial charge is 0.0934 e. The van der Waals surface area contributed by atoms with E-state index in [2.05, 4.69) is 15.9 Å². The van der Waals surface area contributed by atoms with Crippen molar-refractivity contribution in [2.75, 3.05) is 6.61 Å². The highest BCUT2D eigenvalue weighted by molar-refractivity contribution is 9.09. The fraction of sp³-hybridized carbons (Fsp3) is 1.00. The van der Waals surface area contributed by atoms with E-state index >= 15 is 0 Å². The van der Waals surface area contributed by atoms with Crippen molar-refractivity contribution in [3.63, 3.8) is 0 Å². The minimum absolute atomic E-state index is 0.0139. The monoisotopic (exact) mass is 194 g/mol. The lowest BCUT2D eigenvalue weighted by Gasteiger charge is -2.08. The molecular weight excluding hydrogens is 184 g/mol. The number of ether oxygens (including phenoxy) is 1. The number of alkyl halides is 1. The normalized spacial score (nSPS) is 43.7. The summed E-state index contributed by atoms with van der Waals surface area (Å²) in [4.78, 5) is 0.345. The summed E-state index contributed by atoms with van der Waals surface area (Å²) in [6.45, 7) is 2.14. The Morgan fingerprint density at radius 3 is 2.67 bits per heavy atom. The minimum Gasteiger partial charge on any atom is -0.394 e. The van der Waals surface area contributed by atoms with E-state index in [-0.39, 0.29) is 12.7 Å². The standard InChI is InChI=1S/C6H11BrO2/c1-4-2-5(7)6(3-8)9-4/h4-6,8H,2-3H2,1H3. The summed E-state index contributed by atoms with van der Waals surface area (Å²) in [6, 6.07) is 0. The summed E-state index contributed by atoms with van der Waals surface area (Å²) >= 11 is 3.42. The number of aliphatic hydroxyl groups is 1. The van der Waals surface area contributed by atoms with Crippen LogP contribution in [0.2, 0.25) is 0 Å². The summed E-state index contributed by atoms with van der Waals surface area (Å²) < 4.78 is 5.33. The highest BCUT2D eigenvalue weighted by Gasteiger charge is 2.29. The Morgan fingerprint density at radius 2 is 2.44 bits per heavy atom. The van der Waals surface area contributed by atoms with Gasteiger partial charge in [0.25, 0.3) is 0 Å². The average molecular weight is 195 g/mol. The number of hydrogen-bond donors (Lipinski definition) is 1. The lowest BCUT2D eigenvalue weighted by Crippen LogP contribution is -2.19. The molecule has 3 heteroatoms. The molecule has 9 heavy (non-hydrogen) atoms. The van der Waals surface area contributed by atoms with E-state index in [1.54, 1.807) is 0 Å². The molecule has 1 N–H and O–H groups in total. The van der Waals surface area contributed by atoms with Gasteiger partial charge < -0.3 is 9.84 Å². The molecule has 1 aliphatic heterocycles. The van der Waals surface area contributed by atoms with Crippen LogP contribution in [0.5, 0.6) is 0 Å². The highest BCUT2D eigenvalue weighted by Crippen LogP contribution is 2.25. The summed E-state index contributed by atoms with van der Waals surface area (Å²) in [5.41, 5.74) is 0. The summed E-state index contributed by atoms with van der Waals surface area (Å²) in [5.74, 6) is 0. The van der Waals surface area contributed by atoms with Crippen molar-refractivity contribution >= 4 is 15.9 Å². The van der Waals surface area contributed by atoms with Crippen LogP contribution < -0.4 is 0 Å². The molecule has 2 nitrogen and oxygen atoms in total. The van der Waals surface area contributed by atoms with Gasteiger partial charge in [0, 0.05) is 4.83 Å². The summed E-state index contributed by atoms with van der Waals surface area (Å²) in [6.07, 6.45) is 1.32. The first kappa shape index (κ1) is 7.51. The molecular formula is C6H11BrO2. The van der Waals surface area contributed by atoms with Crippen LogP contribution in [0.4, 0.5) is 0 Å². The van der Waals surface area contributed by atoms with E-state index in [0.29, 0.717) is 10.9 Å². The topological polar surface area (TPSA) is 29.5 Å². The van der Waals surface area contributed by atoms with Gasteiger partial charge in [-0.25, -0.2) is 0 Å². The Labute approximate surface area is 63.3 Å². The molecule has 0 aromatic carbocycles. The fourth-order valence-electron chi connectivity index (χ4n) is 1.07. The van der Waals surface area contributed by atoms with Crippen molar-refractivity contribution in [2.24, 2.45) is 0 Å². The lowest BCUT2D eigenvalue weighted by atomic mass is 10.2. The molecule has 1 aliphatic rings. The molecule has 1 fully saturated rings. The zero-order chi connectivity index (χ0) is 6.85. The van der Waals surface area contributed by atoms with Crippen LogP contribution in [-0.4, -0.2) is 28.7 Å². The van der Waals surface area contributed by atoms with Crippen molar-refractivity contribution in [1.29, 1.82) is 0 Å². The van der Waals surface area contributed by atoms with Gasteiger partial charge >= 0.3 is 0 Å². The van der Waals surface area contributed by atoms with Crippen molar-refractivity contribution in [3.8, 4) is 0 Å². The van der Waals surface area contributed by atoms with E-state index < -0.39 is 0 Å². The zero-order valence-corrected chi connectivity index (χ0v) is 6.97. The predicted octanol–water partition coefficient (Wildman–Crippen LogP) is 0.920. The Kier molecular flexibility index (Phi) is 2.50. The van der Waals surface area contributed by atoms with Gasteiger partial charge in [0.1, 0.15) is 0 Å². The third kappa shape index (κ3) is 1.66. The second-order valence-electron chi connectivity index (χ2n) is 2.42. The lowest BCUT2D eigenvalue weighted by molar-refractivity contribution is 0.0216. The Bertz CT molecular complexity index is 97.1. The minimum atomic E-state index is 0.0139. The number of rotatable bonds is 1. The van der Waals surface area contributed by atoms with E-state index in [9.17, 15) is 0 Å². The number of hydrogen-bond acceptors (Lipinski definition) is 2. The largest absolute Gasteiger partial charge is 0.394 e. The second kappa shape index (κ2) is 2.99. The molecule has 0 radical (unpaired) electrons. The van der Waals surface area contributed by atoms with E-state index in [1.807, 2.05) is 6.92 Å². The average Bonchev–Trinajstić information content (AvgIpc) is 2.10. The fourth-order valence-corrected chi connectivity index (χ4v) is 1.88. The molecule has 0 amide bonds. The highest BCUT2D eigenvalue weighted by atomic mass is 79.9. The van der Waals surface area contributed by atoms with Crippen LogP contribution in [0.25, 0.3) is 0 Å². The molecule has 1 rings (SSSR count). The van der Waals surface area contributed by atoms with Gasteiger partial charge in [-0.2, -0.15) is 0 Å². The van der Waals surface area contributed by atoms with Gasteiger partial charge in [-0.3, -0.25) is 0 Å². The predicted molar refractivity (Wildman–Crippen MR) is 38.8 cm³/mol. The molecule has 0 aromatic heterocycles. The van der Waals surface area contributed by atoms with E-state index in [4.69, 9.17) is 9.84 Å². The van der Waals surface area contributed by atoms with Crippen molar-refractivity contribution < 1.29 is 9.84 Å². The van der Waals surface area contributed by atoms with Crippen LogP contribution >= 0.6 is 15.9 Å². The molecule has 0 bridgehead atoms. The quantitative estimate of drug-likeness (QED) is 0.630. The van der Waals surface area contributed by atoms with Crippen LogP contribution in [0, 0.1) is 0 Å². The SMILES string of the molecule is CC1CC(Br)C(CO)O1. The maximum Gasteiger partial charge on any atom is 0.0934 e. The molecule has 0 saturated carbocycles. The van der Waals surface area contributed by atoms with Crippen molar-refractivity contribution in [1.82, 2.24) is 0 Å². The van der Waals surface area contributed by atoms with Gasteiger partial charge in [0.15, 0.2) is 0 Å². The summed E-state index contributed by atoms with van der Waals surface area (Å²) in [5, 5.41) is 8.70. The number of halogens is 1. The molecule has 0 spiro atoms. The molecule has 1 saturated heterocycles. The zero-order valence-electron chi connectivity index (χ0n) is 5.38.